The van der Waals surface area contributed by atoms with Crippen LogP contribution in [0.5, 0.6) is 0 Å². The van der Waals surface area contributed by atoms with Crippen molar-refractivity contribution in [3.05, 3.63) is 71.0 Å². The summed E-state index contributed by atoms with van der Waals surface area (Å²) in [4.78, 5) is 0. The Morgan fingerprint density at radius 1 is 0.759 bits per heavy atom. The van der Waals surface area contributed by atoms with Crippen molar-refractivity contribution < 1.29 is 4.39 Å². The Balaban J connectivity index is 0.000000475. The first-order valence-corrected chi connectivity index (χ1v) is 11.1. The zero-order chi connectivity index (χ0) is 21.8. The lowest BCUT2D eigenvalue weighted by Crippen LogP contribution is -2.15. The van der Waals surface area contributed by atoms with E-state index < -0.39 is 0 Å². The van der Waals surface area contributed by atoms with Gasteiger partial charge < -0.3 is 0 Å². The predicted octanol–water partition coefficient (Wildman–Crippen LogP) is 8.45. The summed E-state index contributed by atoms with van der Waals surface area (Å²) in [7, 11) is 0.500. The van der Waals surface area contributed by atoms with Gasteiger partial charge in [-0.25, -0.2) is 0 Å². The number of allylic oxidation sites excluding steroid dienone is 4. The van der Waals surface area contributed by atoms with Crippen LogP contribution in [-0.2, 0) is 6.42 Å². The molecule has 2 aliphatic rings. The van der Waals surface area contributed by atoms with E-state index in [-0.39, 0.29) is 0 Å². The van der Waals surface area contributed by atoms with Gasteiger partial charge >= 0.3 is 0 Å². The average Bonchev–Trinajstić information content (AvgIpc) is 3.06. The fourth-order valence-corrected chi connectivity index (χ4v) is 4.06. The third-order valence-electron chi connectivity index (χ3n) is 4.89. The number of alkyl halides is 1. The van der Waals surface area contributed by atoms with Crippen molar-refractivity contribution in [1.29, 1.82) is 0 Å². The van der Waals surface area contributed by atoms with Crippen LogP contribution in [0, 0.1) is 0 Å². The van der Waals surface area contributed by atoms with E-state index in [0.717, 1.165) is 19.3 Å². The lowest BCUT2D eigenvalue weighted by Gasteiger charge is -2.21. The van der Waals surface area contributed by atoms with E-state index >= 15 is 0 Å². The minimum atomic E-state index is 0.500. The first-order chi connectivity index (χ1) is 14.4. The molecule has 29 heavy (non-hydrogen) atoms. The molecule has 0 heterocycles. The fourth-order valence-electron chi connectivity index (χ4n) is 4.06. The number of benzene rings is 3. The van der Waals surface area contributed by atoms with Gasteiger partial charge in [0.1, 0.15) is 0 Å². The van der Waals surface area contributed by atoms with Gasteiger partial charge in [-0.2, -0.15) is 0 Å². The zero-order valence-corrected chi connectivity index (χ0v) is 19.3. The Labute approximate surface area is 176 Å². The van der Waals surface area contributed by atoms with Gasteiger partial charge in [-0.3, -0.25) is 4.39 Å². The maximum atomic E-state index is 9.50. The van der Waals surface area contributed by atoms with Gasteiger partial charge in [0.25, 0.3) is 0 Å². The topological polar surface area (TPSA) is 0 Å². The van der Waals surface area contributed by atoms with Crippen LogP contribution in [-0.4, -0.2) is 7.18 Å². The Morgan fingerprint density at radius 3 is 2.03 bits per heavy atom. The van der Waals surface area contributed by atoms with Crippen LogP contribution >= 0.6 is 0 Å². The molecule has 0 atom stereocenters. The molecule has 1 heteroatoms. The summed E-state index contributed by atoms with van der Waals surface area (Å²) in [6.45, 7) is 12.0. The third kappa shape index (κ3) is 4.78. The third-order valence-corrected chi connectivity index (χ3v) is 4.89. The molecule has 0 aromatic heterocycles. The number of fused-ring (bicyclic) bond motifs is 2. The van der Waals surface area contributed by atoms with E-state index in [1.165, 1.54) is 37.9 Å². The minimum absolute atomic E-state index is 0.500. The summed E-state index contributed by atoms with van der Waals surface area (Å²) >= 11 is 0. The number of hydrogen-bond acceptors (Lipinski definition) is 0. The van der Waals surface area contributed by atoms with Crippen LogP contribution in [0.2, 0.25) is 0 Å². The molecule has 2 aliphatic carbocycles. The van der Waals surface area contributed by atoms with E-state index in [1.54, 1.807) is 5.56 Å². The second-order valence-corrected chi connectivity index (χ2v) is 6.02. The number of halogens is 1. The summed E-state index contributed by atoms with van der Waals surface area (Å²) in [5, 5.41) is 7.14. The lowest BCUT2D eigenvalue weighted by molar-refractivity contribution is 0.636. The molecule has 0 radical (unpaired) electrons. The SMILES string of the molecule is C1=CC2=CCCc3c2c(c2cccc4cccc3c42)=CC1.CC.CC.CC.CF. The molecular weight excluding hydrogens is 355 g/mol. The highest BCUT2D eigenvalue weighted by molar-refractivity contribution is 6.13. The van der Waals surface area contributed by atoms with Crippen LogP contribution in [0.4, 0.5) is 4.39 Å². The Bertz CT molecular complexity index is 1000. The number of aryl methyl sites for hydroxylation is 1. The predicted molar refractivity (Wildman–Crippen MR) is 132 cm³/mol. The number of hydrogen-bond donors (Lipinski definition) is 0. The summed E-state index contributed by atoms with van der Waals surface area (Å²) in [5.74, 6) is 0. The van der Waals surface area contributed by atoms with E-state index in [4.69, 9.17) is 0 Å². The molecule has 3 aromatic rings. The summed E-state index contributed by atoms with van der Waals surface area (Å²) in [6.07, 6.45) is 12.8. The van der Waals surface area contributed by atoms with Gasteiger partial charge in [0.15, 0.2) is 0 Å². The summed E-state index contributed by atoms with van der Waals surface area (Å²) in [6, 6.07) is 13.5. The molecule has 0 nitrogen and oxygen atoms in total. The average molecular weight is 393 g/mol. The van der Waals surface area contributed by atoms with Gasteiger partial charge in [0.05, 0.1) is 7.18 Å². The molecule has 3 aromatic carbocycles. The summed E-state index contributed by atoms with van der Waals surface area (Å²) < 4.78 is 9.50. The van der Waals surface area contributed by atoms with Crippen molar-refractivity contribution in [2.24, 2.45) is 0 Å². The summed E-state index contributed by atoms with van der Waals surface area (Å²) in [5.41, 5.74) is 4.46. The molecule has 0 saturated heterocycles. The molecule has 0 aliphatic heterocycles. The van der Waals surface area contributed by atoms with E-state index in [1.807, 2.05) is 41.5 Å². The zero-order valence-electron chi connectivity index (χ0n) is 19.3. The van der Waals surface area contributed by atoms with Crippen LogP contribution in [0.1, 0.15) is 65.5 Å². The highest BCUT2D eigenvalue weighted by Gasteiger charge is 2.19. The van der Waals surface area contributed by atoms with Crippen molar-refractivity contribution in [2.45, 2.75) is 60.8 Å². The van der Waals surface area contributed by atoms with Gasteiger partial charge in [-0.1, -0.05) is 102 Å². The molecule has 0 N–H and O–H groups in total. The second-order valence-electron chi connectivity index (χ2n) is 6.02. The molecule has 5 rings (SSSR count). The van der Waals surface area contributed by atoms with E-state index in [9.17, 15) is 4.39 Å². The van der Waals surface area contributed by atoms with Crippen molar-refractivity contribution in [3.8, 4) is 0 Å². The van der Waals surface area contributed by atoms with Gasteiger partial charge in [-0.15, -0.1) is 0 Å². The first kappa shape index (κ1) is 24.6. The van der Waals surface area contributed by atoms with E-state index in [2.05, 4.69) is 60.7 Å². The molecule has 0 bridgehead atoms. The smallest absolute Gasteiger partial charge is 0.0785 e. The van der Waals surface area contributed by atoms with Gasteiger partial charge in [0, 0.05) is 0 Å². The number of rotatable bonds is 0. The molecule has 156 valence electrons. The van der Waals surface area contributed by atoms with Gasteiger partial charge in [0.2, 0.25) is 0 Å². The molecular formula is C28H37F. The largest absolute Gasteiger partial charge is 0.255 e. The monoisotopic (exact) mass is 392 g/mol. The lowest BCUT2D eigenvalue weighted by atomic mass is 9.83. The van der Waals surface area contributed by atoms with Crippen LogP contribution < -0.4 is 5.22 Å². The maximum Gasteiger partial charge on any atom is 0.0785 e. The van der Waals surface area contributed by atoms with Gasteiger partial charge in [-0.05, 0) is 62.7 Å². The molecule has 0 fully saturated rings. The van der Waals surface area contributed by atoms with E-state index in [0.29, 0.717) is 7.18 Å². The molecule has 0 unspecified atom stereocenters. The fraction of sp³-hybridized carbons (Fsp3) is 0.357. The Hall–Kier alpha value is -2.41. The highest BCUT2D eigenvalue weighted by Crippen LogP contribution is 2.35. The second kappa shape index (κ2) is 12.9. The van der Waals surface area contributed by atoms with Crippen molar-refractivity contribution >= 4 is 33.2 Å². The standard InChI is InChI=1S/C21H16.3C2H6.CH3F/c1-2-10-16-17-11-4-8-15-9-5-13-19(21(15)17)18-12-3-7-14(6-1)20(16)18;4*1-2/h1,4-11,13H,2-3,12H2;3*1-2H3;1H3. The highest BCUT2D eigenvalue weighted by atomic mass is 19.1. The van der Waals surface area contributed by atoms with Crippen LogP contribution in [0.15, 0.2) is 54.6 Å². The minimum Gasteiger partial charge on any atom is -0.255 e. The van der Waals surface area contributed by atoms with Crippen molar-refractivity contribution in [3.63, 3.8) is 0 Å². The maximum absolute atomic E-state index is 9.50. The molecule has 0 saturated carbocycles. The normalized spacial score (nSPS) is 12.8. The van der Waals surface area contributed by atoms with Crippen molar-refractivity contribution in [2.75, 3.05) is 7.18 Å². The molecule has 0 amide bonds. The van der Waals surface area contributed by atoms with Crippen LogP contribution in [0.3, 0.4) is 0 Å². The quantitative estimate of drug-likeness (QED) is 0.360. The van der Waals surface area contributed by atoms with Crippen molar-refractivity contribution in [1.82, 2.24) is 0 Å². The Morgan fingerprint density at radius 2 is 1.38 bits per heavy atom. The Kier molecular flexibility index (Phi) is 11.0. The van der Waals surface area contributed by atoms with Crippen LogP contribution in [0.25, 0.3) is 33.2 Å². The molecule has 0 spiro atoms. The first-order valence-electron chi connectivity index (χ1n) is 11.1.